The molecule has 1 aromatic carbocycles. The third kappa shape index (κ3) is 3.05. The second kappa shape index (κ2) is 5.15. The molecule has 0 aromatic heterocycles. The number of halogens is 1. The molecular formula is C14H21FN2. The largest absolute Gasteiger partial charge is 0.329 e. The molecule has 2 rings (SSSR count). The molecule has 0 bridgehead atoms. The van der Waals surface area contributed by atoms with E-state index in [1.54, 1.807) is 6.07 Å². The zero-order valence-electron chi connectivity index (χ0n) is 10.6. The number of hydrogen-bond acceptors (Lipinski definition) is 2. The number of nitrogens with zero attached hydrogens (tertiary/aromatic N) is 1. The SMILES string of the molecule is Cc1ccc(F)cc1CN(C)C(CN)C1CC1. The molecule has 2 nitrogen and oxygen atoms in total. The highest BCUT2D eigenvalue weighted by atomic mass is 19.1. The molecule has 1 unspecified atom stereocenters. The summed E-state index contributed by atoms with van der Waals surface area (Å²) in [5.41, 5.74) is 8.03. The van der Waals surface area contributed by atoms with Gasteiger partial charge < -0.3 is 5.73 Å². The Morgan fingerprint density at radius 1 is 1.47 bits per heavy atom. The van der Waals surface area contributed by atoms with Gasteiger partial charge in [0, 0.05) is 19.1 Å². The molecule has 1 aliphatic rings. The zero-order valence-corrected chi connectivity index (χ0v) is 10.6. The molecule has 0 spiro atoms. The Hall–Kier alpha value is -0.930. The van der Waals surface area contributed by atoms with Crippen LogP contribution in [0.25, 0.3) is 0 Å². The fourth-order valence-electron chi connectivity index (χ4n) is 2.41. The van der Waals surface area contributed by atoms with Gasteiger partial charge in [0.15, 0.2) is 0 Å². The highest BCUT2D eigenvalue weighted by Gasteiger charge is 2.32. The molecule has 1 saturated carbocycles. The average Bonchev–Trinajstić information content (AvgIpc) is 3.09. The Labute approximate surface area is 103 Å². The van der Waals surface area contributed by atoms with Gasteiger partial charge in [0.1, 0.15) is 5.82 Å². The molecule has 17 heavy (non-hydrogen) atoms. The first-order valence-electron chi connectivity index (χ1n) is 6.27. The fraction of sp³-hybridized carbons (Fsp3) is 0.571. The molecule has 0 amide bonds. The molecule has 0 radical (unpaired) electrons. The first-order valence-corrected chi connectivity index (χ1v) is 6.27. The van der Waals surface area contributed by atoms with E-state index in [2.05, 4.69) is 11.9 Å². The van der Waals surface area contributed by atoms with E-state index in [-0.39, 0.29) is 5.82 Å². The summed E-state index contributed by atoms with van der Waals surface area (Å²) in [5.74, 6) is 0.591. The first kappa shape index (κ1) is 12.5. The number of hydrogen-bond donors (Lipinski definition) is 1. The Morgan fingerprint density at radius 3 is 2.76 bits per heavy atom. The predicted molar refractivity (Wildman–Crippen MR) is 68.2 cm³/mol. The maximum absolute atomic E-state index is 13.2. The molecule has 94 valence electrons. The van der Waals surface area contributed by atoms with Crippen LogP contribution in [0.3, 0.4) is 0 Å². The Balaban J connectivity index is 2.05. The molecule has 0 heterocycles. The van der Waals surface area contributed by atoms with Crippen molar-refractivity contribution in [1.82, 2.24) is 4.90 Å². The molecule has 2 N–H and O–H groups in total. The first-order chi connectivity index (χ1) is 8.11. The Morgan fingerprint density at radius 2 is 2.18 bits per heavy atom. The van der Waals surface area contributed by atoms with Gasteiger partial charge in [0.25, 0.3) is 0 Å². The lowest BCUT2D eigenvalue weighted by Crippen LogP contribution is -2.39. The molecule has 1 fully saturated rings. The van der Waals surface area contributed by atoms with Gasteiger partial charge in [-0.25, -0.2) is 4.39 Å². The van der Waals surface area contributed by atoms with E-state index in [9.17, 15) is 4.39 Å². The van der Waals surface area contributed by atoms with E-state index in [1.165, 1.54) is 18.9 Å². The third-order valence-corrected chi connectivity index (χ3v) is 3.70. The van der Waals surface area contributed by atoms with Crippen LogP contribution in [0, 0.1) is 18.7 Å². The fourth-order valence-corrected chi connectivity index (χ4v) is 2.41. The van der Waals surface area contributed by atoms with Crippen molar-refractivity contribution in [3.05, 3.63) is 35.1 Å². The second-order valence-electron chi connectivity index (χ2n) is 5.13. The second-order valence-corrected chi connectivity index (χ2v) is 5.13. The lowest BCUT2D eigenvalue weighted by Gasteiger charge is -2.27. The zero-order chi connectivity index (χ0) is 12.4. The highest BCUT2D eigenvalue weighted by molar-refractivity contribution is 5.26. The lowest BCUT2D eigenvalue weighted by molar-refractivity contribution is 0.215. The Bertz CT molecular complexity index is 388. The van der Waals surface area contributed by atoms with Gasteiger partial charge in [-0.3, -0.25) is 4.90 Å². The average molecular weight is 236 g/mol. The van der Waals surface area contributed by atoms with Crippen LogP contribution in [-0.2, 0) is 6.54 Å². The number of likely N-dealkylation sites (N-methyl/N-ethyl adjacent to an activating group) is 1. The van der Waals surface area contributed by atoms with Crippen LogP contribution in [0.5, 0.6) is 0 Å². The van der Waals surface area contributed by atoms with E-state index < -0.39 is 0 Å². The van der Waals surface area contributed by atoms with Crippen molar-refractivity contribution in [2.24, 2.45) is 11.7 Å². The lowest BCUT2D eigenvalue weighted by atomic mass is 10.1. The van der Waals surface area contributed by atoms with Crippen molar-refractivity contribution < 1.29 is 4.39 Å². The summed E-state index contributed by atoms with van der Waals surface area (Å²) in [6.45, 7) is 3.49. The minimum atomic E-state index is -0.158. The van der Waals surface area contributed by atoms with E-state index in [1.807, 2.05) is 13.0 Å². The van der Waals surface area contributed by atoms with Crippen LogP contribution in [0.15, 0.2) is 18.2 Å². The predicted octanol–water partition coefficient (Wildman–Crippen LogP) is 2.30. The molecule has 1 atom stereocenters. The van der Waals surface area contributed by atoms with Crippen LogP contribution in [0.2, 0.25) is 0 Å². The van der Waals surface area contributed by atoms with Crippen LogP contribution >= 0.6 is 0 Å². The summed E-state index contributed by atoms with van der Waals surface area (Å²) in [5, 5.41) is 0. The summed E-state index contributed by atoms with van der Waals surface area (Å²) >= 11 is 0. The molecule has 0 saturated heterocycles. The normalized spacial score (nSPS) is 17.5. The maximum atomic E-state index is 13.2. The van der Waals surface area contributed by atoms with Crippen molar-refractivity contribution in [2.45, 2.75) is 32.4 Å². The van der Waals surface area contributed by atoms with E-state index in [0.29, 0.717) is 12.6 Å². The molecule has 3 heteroatoms. The highest BCUT2D eigenvalue weighted by Crippen LogP contribution is 2.35. The molecule has 0 aliphatic heterocycles. The van der Waals surface area contributed by atoms with E-state index in [4.69, 9.17) is 5.73 Å². The van der Waals surface area contributed by atoms with E-state index >= 15 is 0 Å². The minimum Gasteiger partial charge on any atom is -0.329 e. The topological polar surface area (TPSA) is 29.3 Å². The van der Waals surface area contributed by atoms with Crippen molar-refractivity contribution in [3.8, 4) is 0 Å². The molecule has 1 aliphatic carbocycles. The third-order valence-electron chi connectivity index (χ3n) is 3.70. The van der Waals surface area contributed by atoms with Crippen LogP contribution in [0.1, 0.15) is 24.0 Å². The summed E-state index contributed by atoms with van der Waals surface area (Å²) < 4.78 is 13.2. The van der Waals surface area contributed by atoms with Gasteiger partial charge in [-0.15, -0.1) is 0 Å². The summed E-state index contributed by atoms with van der Waals surface area (Å²) in [7, 11) is 2.08. The van der Waals surface area contributed by atoms with Crippen molar-refractivity contribution >= 4 is 0 Å². The minimum absolute atomic E-state index is 0.158. The van der Waals surface area contributed by atoms with Gasteiger partial charge in [-0.2, -0.15) is 0 Å². The number of rotatable bonds is 5. The number of nitrogens with two attached hydrogens (primary N) is 1. The molecule has 1 aromatic rings. The summed E-state index contributed by atoms with van der Waals surface area (Å²) in [6, 6.07) is 5.43. The summed E-state index contributed by atoms with van der Waals surface area (Å²) in [4.78, 5) is 2.26. The van der Waals surface area contributed by atoms with Gasteiger partial charge in [0.2, 0.25) is 0 Å². The van der Waals surface area contributed by atoms with Crippen molar-refractivity contribution in [1.29, 1.82) is 0 Å². The smallest absolute Gasteiger partial charge is 0.123 e. The monoisotopic (exact) mass is 236 g/mol. The summed E-state index contributed by atoms with van der Waals surface area (Å²) in [6.07, 6.45) is 2.57. The van der Waals surface area contributed by atoms with Crippen LogP contribution in [-0.4, -0.2) is 24.5 Å². The Kier molecular flexibility index (Phi) is 3.79. The molecular weight excluding hydrogens is 215 g/mol. The maximum Gasteiger partial charge on any atom is 0.123 e. The van der Waals surface area contributed by atoms with Gasteiger partial charge in [0.05, 0.1) is 0 Å². The number of benzene rings is 1. The van der Waals surface area contributed by atoms with Crippen LogP contribution in [0.4, 0.5) is 4.39 Å². The van der Waals surface area contributed by atoms with Gasteiger partial charge in [-0.05, 0) is 56.0 Å². The van der Waals surface area contributed by atoms with Crippen LogP contribution < -0.4 is 5.73 Å². The van der Waals surface area contributed by atoms with Gasteiger partial charge in [-0.1, -0.05) is 6.07 Å². The van der Waals surface area contributed by atoms with Crippen molar-refractivity contribution in [2.75, 3.05) is 13.6 Å². The van der Waals surface area contributed by atoms with E-state index in [0.717, 1.165) is 23.6 Å². The van der Waals surface area contributed by atoms with Gasteiger partial charge >= 0.3 is 0 Å². The standard InChI is InChI=1S/C14H21FN2/c1-10-3-6-13(15)7-12(10)9-17(2)14(8-16)11-4-5-11/h3,6-7,11,14H,4-5,8-9,16H2,1-2H3. The number of aryl methyl sites for hydroxylation is 1. The van der Waals surface area contributed by atoms with Crippen molar-refractivity contribution in [3.63, 3.8) is 0 Å². The quantitative estimate of drug-likeness (QED) is 0.850.